The molecule has 1 heterocycles. The van der Waals surface area contributed by atoms with E-state index in [-0.39, 0.29) is 11.9 Å². The van der Waals surface area contributed by atoms with E-state index in [4.69, 9.17) is 0 Å². The molecule has 1 atom stereocenters. The molecule has 1 aromatic carbocycles. The Hall–Kier alpha value is -1.26. The molecule has 1 aliphatic heterocycles. The number of nitrogens with one attached hydrogen (secondary N) is 1. The fraction of sp³-hybridized carbons (Fsp3) is 0.417. The zero-order chi connectivity index (χ0) is 11.4. The predicted molar refractivity (Wildman–Crippen MR) is 59.5 cm³/mol. The van der Waals surface area contributed by atoms with Crippen LogP contribution in [0.25, 0.3) is 0 Å². The van der Waals surface area contributed by atoms with Gasteiger partial charge in [0.15, 0.2) is 0 Å². The Balaban J connectivity index is 2.02. The molecular weight excluding hydrogens is 207 g/mol. The molecule has 4 heteroatoms. The molecule has 1 aliphatic rings. The smallest absolute Gasteiger partial charge is 0.138 e. The zero-order valence-corrected chi connectivity index (χ0v) is 9.03. The summed E-state index contributed by atoms with van der Waals surface area (Å²) in [7, 11) is 0. The van der Waals surface area contributed by atoms with E-state index < -0.39 is 0 Å². The Morgan fingerprint density at radius 1 is 1.44 bits per heavy atom. The van der Waals surface area contributed by atoms with Gasteiger partial charge in [-0.05, 0) is 17.7 Å². The number of carbonyl (C=O) groups is 1. The van der Waals surface area contributed by atoms with E-state index in [1.807, 2.05) is 0 Å². The maximum Gasteiger partial charge on any atom is 0.138 e. The van der Waals surface area contributed by atoms with Crippen LogP contribution in [0.4, 0.5) is 4.39 Å². The Morgan fingerprint density at radius 2 is 2.19 bits per heavy atom. The summed E-state index contributed by atoms with van der Waals surface area (Å²) in [6.07, 6.45) is 0.968. The summed E-state index contributed by atoms with van der Waals surface area (Å²) in [5.41, 5.74) is 1.04. The summed E-state index contributed by atoms with van der Waals surface area (Å²) < 4.78 is 12.7. The fourth-order valence-corrected chi connectivity index (χ4v) is 1.92. The van der Waals surface area contributed by atoms with Gasteiger partial charge in [-0.2, -0.15) is 0 Å². The zero-order valence-electron chi connectivity index (χ0n) is 9.03. The van der Waals surface area contributed by atoms with Crippen LogP contribution in [-0.2, 0) is 11.3 Å². The SMILES string of the molecule is O=CC1CNCCN1Cc1ccc(F)cc1. The maximum absolute atomic E-state index is 12.7. The van der Waals surface area contributed by atoms with Crippen molar-refractivity contribution < 1.29 is 9.18 Å². The minimum absolute atomic E-state index is 0.0706. The van der Waals surface area contributed by atoms with Crippen molar-refractivity contribution in [2.45, 2.75) is 12.6 Å². The van der Waals surface area contributed by atoms with Gasteiger partial charge in [-0.3, -0.25) is 4.90 Å². The molecule has 3 nitrogen and oxygen atoms in total. The van der Waals surface area contributed by atoms with Gasteiger partial charge in [0.05, 0.1) is 6.04 Å². The van der Waals surface area contributed by atoms with Gasteiger partial charge in [0, 0.05) is 26.2 Å². The molecule has 2 rings (SSSR count). The monoisotopic (exact) mass is 222 g/mol. The number of halogens is 1. The molecule has 1 aromatic rings. The normalized spacial score (nSPS) is 21.9. The van der Waals surface area contributed by atoms with E-state index >= 15 is 0 Å². The highest BCUT2D eigenvalue weighted by atomic mass is 19.1. The van der Waals surface area contributed by atoms with Crippen molar-refractivity contribution in [3.05, 3.63) is 35.6 Å². The first kappa shape index (κ1) is 11.2. The van der Waals surface area contributed by atoms with Crippen LogP contribution in [0.3, 0.4) is 0 Å². The molecule has 0 aromatic heterocycles. The first-order chi connectivity index (χ1) is 7.79. The third kappa shape index (κ3) is 2.65. The van der Waals surface area contributed by atoms with Gasteiger partial charge < -0.3 is 10.1 Å². The highest BCUT2D eigenvalue weighted by molar-refractivity contribution is 5.58. The van der Waals surface area contributed by atoms with E-state index in [0.29, 0.717) is 13.1 Å². The number of nitrogens with zero attached hydrogens (tertiary/aromatic N) is 1. The van der Waals surface area contributed by atoms with Gasteiger partial charge in [0.25, 0.3) is 0 Å². The van der Waals surface area contributed by atoms with Crippen molar-refractivity contribution in [1.82, 2.24) is 10.2 Å². The van der Waals surface area contributed by atoms with Crippen LogP contribution in [0, 0.1) is 5.82 Å². The van der Waals surface area contributed by atoms with Gasteiger partial charge in [0.1, 0.15) is 12.1 Å². The third-order valence-corrected chi connectivity index (χ3v) is 2.85. The van der Waals surface area contributed by atoms with Gasteiger partial charge >= 0.3 is 0 Å². The third-order valence-electron chi connectivity index (χ3n) is 2.85. The minimum atomic E-state index is -0.226. The van der Waals surface area contributed by atoms with E-state index in [9.17, 15) is 9.18 Å². The van der Waals surface area contributed by atoms with Crippen LogP contribution in [0.5, 0.6) is 0 Å². The molecule has 1 fully saturated rings. The molecule has 1 saturated heterocycles. The number of benzene rings is 1. The van der Waals surface area contributed by atoms with Crippen molar-refractivity contribution in [3.8, 4) is 0 Å². The van der Waals surface area contributed by atoms with Crippen LogP contribution in [-0.4, -0.2) is 36.9 Å². The summed E-state index contributed by atoms with van der Waals surface area (Å²) in [6.45, 7) is 3.14. The summed E-state index contributed by atoms with van der Waals surface area (Å²) in [6, 6.07) is 6.36. The second kappa shape index (κ2) is 5.18. The van der Waals surface area contributed by atoms with Crippen molar-refractivity contribution in [2.75, 3.05) is 19.6 Å². The van der Waals surface area contributed by atoms with E-state index in [1.54, 1.807) is 12.1 Å². The average Bonchev–Trinajstić information content (AvgIpc) is 2.33. The molecule has 0 amide bonds. The standard InChI is InChI=1S/C12H15FN2O/c13-11-3-1-10(2-4-11)8-15-6-5-14-7-12(15)9-16/h1-4,9,12,14H,5-8H2. The lowest BCUT2D eigenvalue weighted by molar-refractivity contribution is -0.113. The molecule has 16 heavy (non-hydrogen) atoms. The molecule has 0 spiro atoms. The topological polar surface area (TPSA) is 32.3 Å². The number of hydrogen-bond acceptors (Lipinski definition) is 3. The van der Waals surface area contributed by atoms with E-state index in [2.05, 4.69) is 10.2 Å². The first-order valence-electron chi connectivity index (χ1n) is 5.44. The summed E-state index contributed by atoms with van der Waals surface area (Å²) in [5, 5.41) is 3.18. The summed E-state index contributed by atoms with van der Waals surface area (Å²) >= 11 is 0. The van der Waals surface area contributed by atoms with E-state index in [0.717, 1.165) is 24.9 Å². The number of rotatable bonds is 3. The van der Waals surface area contributed by atoms with Gasteiger partial charge in [-0.25, -0.2) is 4.39 Å². The summed E-state index contributed by atoms with van der Waals surface area (Å²) in [5.74, 6) is -0.226. The van der Waals surface area contributed by atoms with Gasteiger partial charge in [-0.15, -0.1) is 0 Å². The first-order valence-corrected chi connectivity index (χ1v) is 5.44. The maximum atomic E-state index is 12.7. The Labute approximate surface area is 94.3 Å². The molecular formula is C12H15FN2O. The Kier molecular flexibility index (Phi) is 3.64. The van der Waals surface area contributed by atoms with E-state index in [1.165, 1.54) is 12.1 Å². The van der Waals surface area contributed by atoms with Crippen molar-refractivity contribution in [2.24, 2.45) is 0 Å². The predicted octanol–water partition coefficient (Wildman–Crippen LogP) is 0.798. The minimum Gasteiger partial charge on any atom is -0.313 e. The molecule has 1 N–H and O–H groups in total. The molecule has 0 saturated carbocycles. The second-order valence-electron chi connectivity index (χ2n) is 4.00. The number of hydrogen-bond donors (Lipinski definition) is 1. The highest BCUT2D eigenvalue weighted by Gasteiger charge is 2.21. The number of piperazine rings is 1. The number of carbonyl (C=O) groups excluding carboxylic acids is 1. The van der Waals surface area contributed by atoms with Crippen LogP contribution < -0.4 is 5.32 Å². The molecule has 86 valence electrons. The molecule has 0 aliphatic carbocycles. The molecule has 1 unspecified atom stereocenters. The van der Waals surface area contributed by atoms with Crippen LogP contribution >= 0.6 is 0 Å². The van der Waals surface area contributed by atoms with Crippen LogP contribution in [0.1, 0.15) is 5.56 Å². The van der Waals surface area contributed by atoms with Crippen LogP contribution in [0.2, 0.25) is 0 Å². The lowest BCUT2D eigenvalue weighted by atomic mass is 10.1. The average molecular weight is 222 g/mol. The lowest BCUT2D eigenvalue weighted by Crippen LogP contribution is -2.51. The lowest BCUT2D eigenvalue weighted by Gasteiger charge is -2.32. The van der Waals surface area contributed by atoms with Crippen LogP contribution in [0.15, 0.2) is 24.3 Å². The van der Waals surface area contributed by atoms with Crippen molar-refractivity contribution in [3.63, 3.8) is 0 Å². The van der Waals surface area contributed by atoms with Crippen molar-refractivity contribution in [1.29, 1.82) is 0 Å². The Morgan fingerprint density at radius 3 is 2.88 bits per heavy atom. The van der Waals surface area contributed by atoms with Crippen molar-refractivity contribution >= 4 is 6.29 Å². The highest BCUT2D eigenvalue weighted by Crippen LogP contribution is 2.10. The number of aldehydes is 1. The summed E-state index contributed by atoms with van der Waals surface area (Å²) in [4.78, 5) is 13.0. The molecule has 0 radical (unpaired) electrons. The van der Waals surface area contributed by atoms with Gasteiger partial charge in [-0.1, -0.05) is 12.1 Å². The largest absolute Gasteiger partial charge is 0.313 e. The Bertz CT molecular complexity index is 353. The fourth-order valence-electron chi connectivity index (χ4n) is 1.92. The quantitative estimate of drug-likeness (QED) is 0.768. The van der Waals surface area contributed by atoms with Gasteiger partial charge in [0.2, 0.25) is 0 Å². The second-order valence-corrected chi connectivity index (χ2v) is 4.00. The molecule has 0 bridgehead atoms.